The third kappa shape index (κ3) is 4.32. The molecular formula is C20H18ClNO4. The zero-order chi connectivity index (χ0) is 18.5. The normalized spacial score (nSPS) is 12.1. The van der Waals surface area contributed by atoms with Crippen LogP contribution in [0.5, 0.6) is 0 Å². The van der Waals surface area contributed by atoms with Crippen LogP contribution in [0.4, 0.5) is 0 Å². The molecule has 0 aliphatic heterocycles. The summed E-state index contributed by atoms with van der Waals surface area (Å²) in [6.07, 6.45) is -0.604. The average Bonchev–Trinajstić information content (AvgIpc) is 3.11. The summed E-state index contributed by atoms with van der Waals surface area (Å²) in [4.78, 5) is 11.1. The molecule has 0 aliphatic rings. The largest absolute Gasteiger partial charge is 0.478 e. The van der Waals surface area contributed by atoms with E-state index in [4.69, 9.17) is 21.1 Å². The molecule has 0 aliphatic carbocycles. The summed E-state index contributed by atoms with van der Waals surface area (Å²) in [7, 11) is 0. The lowest BCUT2D eigenvalue weighted by Crippen LogP contribution is -2.20. The van der Waals surface area contributed by atoms with Crippen LogP contribution in [0.2, 0.25) is 5.02 Å². The number of aliphatic hydroxyl groups is 1. The highest BCUT2D eigenvalue weighted by Crippen LogP contribution is 2.30. The van der Waals surface area contributed by atoms with E-state index in [2.05, 4.69) is 5.32 Å². The van der Waals surface area contributed by atoms with Gasteiger partial charge in [0, 0.05) is 12.1 Å². The van der Waals surface area contributed by atoms with Crippen LogP contribution in [0, 0.1) is 0 Å². The number of aromatic carboxylic acids is 1. The second kappa shape index (κ2) is 8.19. The Kier molecular flexibility index (Phi) is 5.73. The van der Waals surface area contributed by atoms with E-state index in [1.165, 1.54) is 18.2 Å². The molecule has 1 aromatic heterocycles. The Morgan fingerprint density at radius 3 is 2.62 bits per heavy atom. The van der Waals surface area contributed by atoms with E-state index in [-0.39, 0.29) is 5.56 Å². The van der Waals surface area contributed by atoms with Crippen molar-refractivity contribution in [2.24, 2.45) is 0 Å². The molecular weight excluding hydrogens is 354 g/mol. The van der Waals surface area contributed by atoms with Gasteiger partial charge in [0.15, 0.2) is 0 Å². The first-order chi connectivity index (χ1) is 12.5. The summed E-state index contributed by atoms with van der Waals surface area (Å²) in [5, 5.41) is 22.8. The second-order valence-electron chi connectivity index (χ2n) is 5.82. The van der Waals surface area contributed by atoms with Crippen molar-refractivity contribution in [1.29, 1.82) is 0 Å². The minimum atomic E-state index is -1.02. The monoisotopic (exact) mass is 371 g/mol. The van der Waals surface area contributed by atoms with E-state index >= 15 is 0 Å². The van der Waals surface area contributed by atoms with Crippen LogP contribution in [-0.4, -0.2) is 22.7 Å². The van der Waals surface area contributed by atoms with Crippen molar-refractivity contribution >= 4 is 17.6 Å². The maximum atomic E-state index is 11.1. The van der Waals surface area contributed by atoms with Gasteiger partial charge in [-0.3, -0.25) is 0 Å². The number of nitrogens with one attached hydrogen (secondary N) is 1. The number of rotatable bonds is 7. The molecule has 1 heterocycles. The van der Waals surface area contributed by atoms with Gasteiger partial charge in [0.05, 0.1) is 23.2 Å². The summed E-state index contributed by atoms with van der Waals surface area (Å²) >= 11 is 6.16. The molecule has 6 heteroatoms. The summed E-state index contributed by atoms with van der Waals surface area (Å²) in [6, 6.07) is 17.4. The minimum Gasteiger partial charge on any atom is -0.478 e. The zero-order valence-electron chi connectivity index (χ0n) is 13.9. The minimum absolute atomic E-state index is 0.145. The quantitative estimate of drug-likeness (QED) is 0.582. The lowest BCUT2D eigenvalue weighted by molar-refractivity contribution is 0.0697. The van der Waals surface area contributed by atoms with Crippen molar-refractivity contribution in [3.63, 3.8) is 0 Å². The lowest BCUT2D eigenvalue weighted by Gasteiger charge is -2.11. The fourth-order valence-electron chi connectivity index (χ4n) is 2.59. The first kappa shape index (κ1) is 18.2. The summed E-state index contributed by atoms with van der Waals surface area (Å²) < 4.78 is 5.75. The first-order valence-electron chi connectivity index (χ1n) is 8.10. The number of carboxylic acids is 1. The highest BCUT2D eigenvalue weighted by molar-refractivity contribution is 6.33. The van der Waals surface area contributed by atoms with E-state index in [1.54, 1.807) is 12.1 Å². The Bertz CT molecular complexity index is 892. The van der Waals surface area contributed by atoms with E-state index in [1.807, 2.05) is 30.3 Å². The van der Waals surface area contributed by atoms with Gasteiger partial charge in [0.1, 0.15) is 11.5 Å². The molecule has 0 saturated carbocycles. The molecule has 1 atom stereocenters. The Morgan fingerprint density at radius 1 is 1.12 bits per heavy atom. The SMILES string of the molecule is O=C(O)c1ccc(Cl)c(-c2ccc(CNC[C@@H](O)c3ccccc3)o2)c1. The first-order valence-corrected chi connectivity index (χ1v) is 8.48. The number of halogens is 1. The number of aliphatic hydroxyl groups excluding tert-OH is 1. The van der Waals surface area contributed by atoms with Crippen molar-refractivity contribution < 1.29 is 19.4 Å². The molecule has 0 spiro atoms. The Labute approximate surface area is 155 Å². The van der Waals surface area contributed by atoms with Crippen molar-refractivity contribution in [2.45, 2.75) is 12.6 Å². The van der Waals surface area contributed by atoms with Crippen molar-refractivity contribution in [2.75, 3.05) is 6.54 Å². The molecule has 0 saturated heterocycles. The van der Waals surface area contributed by atoms with Crippen LogP contribution in [0.1, 0.15) is 27.8 Å². The molecule has 3 N–H and O–H groups in total. The zero-order valence-corrected chi connectivity index (χ0v) is 14.6. The predicted octanol–water partition coefficient (Wildman–Crippen LogP) is 4.12. The van der Waals surface area contributed by atoms with Gasteiger partial charge in [0.25, 0.3) is 0 Å². The van der Waals surface area contributed by atoms with Gasteiger partial charge < -0.3 is 19.9 Å². The van der Waals surface area contributed by atoms with Gasteiger partial charge >= 0.3 is 5.97 Å². The molecule has 0 bridgehead atoms. The number of benzene rings is 2. The fourth-order valence-corrected chi connectivity index (χ4v) is 2.80. The van der Waals surface area contributed by atoms with Crippen LogP contribution in [-0.2, 0) is 6.54 Å². The lowest BCUT2D eigenvalue weighted by atomic mass is 10.1. The number of hydrogen-bond donors (Lipinski definition) is 3. The maximum Gasteiger partial charge on any atom is 0.335 e. The van der Waals surface area contributed by atoms with E-state index in [0.29, 0.717) is 35.2 Å². The van der Waals surface area contributed by atoms with Crippen molar-refractivity contribution in [3.05, 3.63) is 82.6 Å². The third-order valence-corrected chi connectivity index (χ3v) is 4.29. The van der Waals surface area contributed by atoms with Crippen LogP contribution >= 0.6 is 11.6 Å². The average molecular weight is 372 g/mol. The molecule has 0 amide bonds. The number of furan rings is 1. The van der Waals surface area contributed by atoms with Crippen LogP contribution in [0.15, 0.2) is 65.1 Å². The Balaban J connectivity index is 1.63. The number of hydrogen-bond acceptors (Lipinski definition) is 4. The summed E-state index contributed by atoms with van der Waals surface area (Å²) in [6.45, 7) is 0.815. The van der Waals surface area contributed by atoms with Gasteiger partial charge in [-0.2, -0.15) is 0 Å². The molecule has 134 valence electrons. The molecule has 0 unspecified atom stereocenters. The van der Waals surface area contributed by atoms with E-state index in [0.717, 1.165) is 5.56 Å². The second-order valence-corrected chi connectivity index (χ2v) is 6.23. The summed E-state index contributed by atoms with van der Waals surface area (Å²) in [5.74, 6) is 0.141. The van der Waals surface area contributed by atoms with Crippen LogP contribution in [0.25, 0.3) is 11.3 Å². The smallest absolute Gasteiger partial charge is 0.335 e. The standard InChI is InChI=1S/C20H18ClNO4/c21-17-8-6-14(20(24)25)10-16(17)19-9-7-15(26-19)11-22-12-18(23)13-4-2-1-3-5-13/h1-10,18,22-23H,11-12H2,(H,24,25)/t18-/m1/s1. The van der Waals surface area contributed by atoms with Gasteiger partial charge in [0.2, 0.25) is 0 Å². The summed E-state index contributed by atoms with van der Waals surface area (Å²) in [5.41, 5.74) is 1.52. The number of carbonyl (C=O) groups is 1. The van der Waals surface area contributed by atoms with E-state index < -0.39 is 12.1 Å². The van der Waals surface area contributed by atoms with Crippen LogP contribution in [0.3, 0.4) is 0 Å². The maximum absolute atomic E-state index is 11.1. The molecule has 26 heavy (non-hydrogen) atoms. The Morgan fingerprint density at radius 2 is 1.88 bits per heavy atom. The number of carboxylic acid groups (broad SMARTS) is 1. The molecule has 2 aromatic carbocycles. The Hall–Kier alpha value is -2.60. The predicted molar refractivity (Wildman–Crippen MR) is 99.2 cm³/mol. The van der Waals surface area contributed by atoms with Crippen molar-refractivity contribution in [1.82, 2.24) is 5.32 Å². The van der Waals surface area contributed by atoms with Gasteiger partial charge in [-0.25, -0.2) is 4.79 Å². The van der Waals surface area contributed by atoms with Crippen LogP contribution < -0.4 is 5.32 Å². The van der Waals surface area contributed by atoms with Gasteiger partial charge in [-0.15, -0.1) is 0 Å². The molecule has 0 fully saturated rings. The highest BCUT2D eigenvalue weighted by atomic mass is 35.5. The molecule has 0 radical (unpaired) electrons. The topological polar surface area (TPSA) is 82.7 Å². The van der Waals surface area contributed by atoms with E-state index in [9.17, 15) is 9.90 Å². The fraction of sp³-hybridized carbons (Fsp3) is 0.150. The highest BCUT2D eigenvalue weighted by Gasteiger charge is 2.13. The molecule has 3 rings (SSSR count). The molecule has 5 nitrogen and oxygen atoms in total. The van der Waals surface area contributed by atoms with Crippen molar-refractivity contribution in [3.8, 4) is 11.3 Å². The van der Waals surface area contributed by atoms with Gasteiger partial charge in [-0.05, 0) is 35.9 Å². The third-order valence-electron chi connectivity index (χ3n) is 3.96. The van der Waals surface area contributed by atoms with Gasteiger partial charge in [-0.1, -0.05) is 41.9 Å². The molecule has 3 aromatic rings.